The molecule has 0 aromatic heterocycles. The maximum absolute atomic E-state index is 2.27. The van der Waals surface area contributed by atoms with Crippen molar-refractivity contribution in [3.8, 4) is 0 Å². The van der Waals surface area contributed by atoms with Crippen molar-refractivity contribution >= 4 is 5.69 Å². The van der Waals surface area contributed by atoms with Crippen LogP contribution in [0.4, 0.5) is 5.69 Å². The fourth-order valence-corrected chi connectivity index (χ4v) is 1.71. The van der Waals surface area contributed by atoms with Gasteiger partial charge in [-0.1, -0.05) is 12.1 Å². The smallest absolute Gasteiger partial charge is 0.102 e. The summed E-state index contributed by atoms with van der Waals surface area (Å²) in [5.74, 6) is 0. The van der Waals surface area contributed by atoms with E-state index < -0.39 is 0 Å². The van der Waals surface area contributed by atoms with Gasteiger partial charge in [-0.15, -0.1) is 0 Å². The van der Waals surface area contributed by atoms with Crippen molar-refractivity contribution in [2.75, 3.05) is 11.9 Å². The van der Waals surface area contributed by atoms with E-state index in [2.05, 4.69) is 67.4 Å². The van der Waals surface area contributed by atoms with Gasteiger partial charge in [-0.25, -0.2) is 0 Å². The number of benzene rings is 1. The van der Waals surface area contributed by atoms with E-state index in [9.17, 15) is 0 Å². The first kappa shape index (κ1) is 9.13. The van der Waals surface area contributed by atoms with Crippen LogP contribution in [0.5, 0.6) is 0 Å². The van der Waals surface area contributed by atoms with Crippen molar-refractivity contribution in [1.29, 1.82) is 0 Å². The highest BCUT2D eigenvalue weighted by Crippen LogP contribution is 2.23. The Kier molecular flexibility index (Phi) is 2.20. The van der Waals surface area contributed by atoms with Gasteiger partial charge in [0, 0.05) is 25.1 Å². The van der Waals surface area contributed by atoms with E-state index in [4.69, 9.17) is 0 Å². The third-order valence-electron chi connectivity index (χ3n) is 2.75. The standard InChI is InChI=1S/C12H16N2/c1-10-5-4-6-12(9-10)14-8-7-13(3)11(14)2/h4-9,11H,1-3H3. The molecule has 2 nitrogen and oxygen atoms in total. The third kappa shape index (κ3) is 1.48. The first-order chi connectivity index (χ1) is 6.68. The van der Waals surface area contributed by atoms with Crippen LogP contribution in [0, 0.1) is 6.92 Å². The van der Waals surface area contributed by atoms with Gasteiger partial charge in [-0.05, 0) is 31.5 Å². The van der Waals surface area contributed by atoms with Crippen LogP contribution in [0.25, 0.3) is 0 Å². The van der Waals surface area contributed by atoms with Crippen LogP contribution >= 0.6 is 0 Å². The Bertz CT molecular complexity index is 357. The summed E-state index contributed by atoms with van der Waals surface area (Å²) >= 11 is 0. The normalized spacial score (nSPS) is 20.6. The molecule has 74 valence electrons. The van der Waals surface area contributed by atoms with Crippen molar-refractivity contribution in [2.45, 2.75) is 20.0 Å². The summed E-state index contributed by atoms with van der Waals surface area (Å²) in [4.78, 5) is 4.47. The minimum atomic E-state index is 0.414. The van der Waals surface area contributed by atoms with Crippen LogP contribution in [0.3, 0.4) is 0 Å². The zero-order chi connectivity index (χ0) is 10.1. The third-order valence-corrected chi connectivity index (χ3v) is 2.75. The largest absolute Gasteiger partial charge is 0.359 e. The quantitative estimate of drug-likeness (QED) is 0.668. The van der Waals surface area contributed by atoms with Gasteiger partial charge in [-0.2, -0.15) is 0 Å². The summed E-state index contributed by atoms with van der Waals surface area (Å²) in [6.45, 7) is 4.32. The Morgan fingerprint density at radius 3 is 2.57 bits per heavy atom. The van der Waals surface area contributed by atoms with E-state index in [0.29, 0.717) is 6.17 Å². The lowest BCUT2D eigenvalue weighted by molar-refractivity contribution is 0.383. The van der Waals surface area contributed by atoms with Gasteiger partial charge in [0.25, 0.3) is 0 Å². The number of aryl methyl sites for hydroxylation is 1. The Labute approximate surface area is 85.4 Å². The van der Waals surface area contributed by atoms with E-state index in [1.165, 1.54) is 11.3 Å². The number of anilines is 1. The minimum absolute atomic E-state index is 0.414. The SMILES string of the molecule is Cc1cccc(N2C=CN(C)C2C)c1. The summed E-state index contributed by atoms with van der Waals surface area (Å²) in [6.07, 6.45) is 4.64. The molecular formula is C12H16N2. The van der Waals surface area contributed by atoms with Crippen LogP contribution < -0.4 is 4.90 Å². The van der Waals surface area contributed by atoms with Crippen molar-refractivity contribution in [2.24, 2.45) is 0 Å². The molecule has 0 saturated carbocycles. The topological polar surface area (TPSA) is 6.48 Å². The monoisotopic (exact) mass is 188 g/mol. The lowest BCUT2D eigenvalue weighted by Crippen LogP contribution is -2.33. The van der Waals surface area contributed by atoms with Gasteiger partial charge in [0.05, 0.1) is 0 Å². The van der Waals surface area contributed by atoms with E-state index in [1.54, 1.807) is 0 Å². The maximum Gasteiger partial charge on any atom is 0.102 e. The molecule has 2 rings (SSSR count). The molecule has 0 amide bonds. The molecule has 0 N–H and O–H groups in total. The number of hydrogen-bond acceptors (Lipinski definition) is 2. The molecule has 2 heteroatoms. The first-order valence-corrected chi connectivity index (χ1v) is 4.94. The van der Waals surface area contributed by atoms with E-state index in [-0.39, 0.29) is 0 Å². The molecule has 1 unspecified atom stereocenters. The van der Waals surface area contributed by atoms with Crippen LogP contribution in [0.15, 0.2) is 36.7 Å². The molecule has 0 spiro atoms. The molecular weight excluding hydrogens is 172 g/mol. The molecule has 1 aromatic carbocycles. The van der Waals surface area contributed by atoms with Crippen LogP contribution in [-0.2, 0) is 0 Å². The van der Waals surface area contributed by atoms with Crippen molar-refractivity contribution in [3.63, 3.8) is 0 Å². The highest BCUT2D eigenvalue weighted by molar-refractivity contribution is 5.52. The molecule has 1 aromatic rings. The molecule has 1 heterocycles. The summed E-state index contributed by atoms with van der Waals surface area (Å²) in [6, 6.07) is 8.58. The lowest BCUT2D eigenvalue weighted by Gasteiger charge is -2.27. The number of nitrogens with zero attached hydrogens (tertiary/aromatic N) is 2. The van der Waals surface area contributed by atoms with Crippen LogP contribution in [0.1, 0.15) is 12.5 Å². The zero-order valence-corrected chi connectivity index (χ0v) is 8.94. The molecule has 1 atom stereocenters. The summed E-state index contributed by atoms with van der Waals surface area (Å²) in [5, 5.41) is 0. The Morgan fingerprint density at radius 1 is 1.21 bits per heavy atom. The Morgan fingerprint density at radius 2 is 2.00 bits per heavy atom. The Balaban J connectivity index is 2.28. The second-order valence-electron chi connectivity index (χ2n) is 3.84. The number of hydrogen-bond donors (Lipinski definition) is 0. The molecule has 0 aliphatic carbocycles. The summed E-state index contributed by atoms with van der Waals surface area (Å²) < 4.78 is 0. The highest BCUT2D eigenvalue weighted by Gasteiger charge is 2.19. The van der Waals surface area contributed by atoms with E-state index in [1.807, 2.05) is 0 Å². The fourth-order valence-electron chi connectivity index (χ4n) is 1.71. The Hall–Kier alpha value is -1.44. The van der Waals surface area contributed by atoms with Gasteiger partial charge in [0.15, 0.2) is 0 Å². The van der Waals surface area contributed by atoms with Crippen molar-refractivity contribution in [1.82, 2.24) is 4.90 Å². The molecule has 0 bridgehead atoms. The van der Waals surface area contributed by atoms with Gasteiger partial charge < -0.3 is 9.80 Å². The van der Waals surface area contributed by atoms with Gasteiger partial charge in [-0.3, -0.25) is 0 Å². The zero-order valence-electron chi connectivity index (χ0n) is 8.94. The lowest BCUT2D eigenvalue weighted by atomic mass is 10.2. The molecule has 0 fully saturated rings. The van der Waals surface area contributed by atoms with E-state index in [0.717, 1.165) is 0 Å². The molecule has 0 saturated heterocycles. The molecule has 14 heavy (non-hydrogen) atoms. The van der Waals surface area contributed by atoms with Gasteiger partial charge in [0.2, 0.25) is 0 Å². The predicted molar refractivity (Wildman–Crippen MR) is 60.0 cm³/mol. The van der Waals surface area contributed by atoms with Crippen molar-refractivity contribution in [3.05, 3.63) is 42.2 Å². The fraction of sp³-hybridized carbons (Fsp3) is 0.333. The summed E-state index contributed by atoms with van der Waals surface area (Å²) in [7, 11) is 2.09. The van der Waals surface area contributed by atoms with Gasteiger partial charge in [0.1, 0.15) is 6.17 Å². The van der Waals surface area contributed by atoms with Crippen molar-refractivity contribution < 1.29 is 0 Å². The van der Waals surface area contributed by atoms with Crippen LogP contribution in [-0.4, -0.2) is 18.1 Å². The van der Waals surface area contributed by atoms with E-state index >= 15 is 0 Å². The molecule has 1 aliphatic rings. The average Bonchev–Trinajstić information content (AvgIpc) is 2.48. The summed E-state index contributed by atoms with van der Waals surface area (Å²) in [5.41, 5.74) is 2.57. The minimum Gasteiger partial charge on any atom is -0.359 e. The molecule has 0 radical (unpaired) electrons. The first-order valence-electron chi connectivity index (χ1n) is 4.94. The maximum atomic E-state index is 2.27. The number of rotatable bonds is 1. The second-order valence-corrected chi connectivity index (χ2v) is 3.84. The molecule has 1 aliphatic heterocycles. The van der Waals surface area contributed by atoms with Crippen LogP contribution in [0.2, 0.25) is 0 Å². The predicted octanol–water partition coefficient (Wildman–Crippen LogP) is 2.56. The second kappa shape index (κ2) is 3.37. The van der Waals surface area contributed by atoms with Gasteiger partial charge >= 0.3 is 0 Å². The highest BCUT2D eigenvalue weighted by atomic mass is 15.4. The average molecular weight is 188 g/mol.